The van der Waals surface area contributed by atoms with Gasteiger partial charge in [0, 0.05) is 0 Å². The van der Waals surface area contributed by atoms with E-state index in [2.05, 4.69) is 36.5 Å². The van der Waals surface area contributed by atoms with Crippen molar-refractivity contribution in [3.63, 3.8) is 0 Å². The molecule has 0 aliphatic carbocycles. The van der Waals surface area contributed by atoms with Crippen molar-refractivity contribution in [3.8, 4) is 0 Å². The predicted molar refractivity (Wildman–Crippen MR) is 215 cm³/mol. The second-order valence-electron chi connectivity index (χ2n) is 15.1. The van der Waals surface area contributed by atoms with Gasteiger partial charge in [-0.15, -0.1) is 0 Å². The van der Waals surface area contributed by atoms with E-state index in [9.17, 15) is 40.5 Å². The van der Waals surface area contributed by atoms with Crippen LogP contribution in [0.1, 0.15) is 162 Å². The zero-order chi connectivity index (χ0) is 39.8. The van der Waals surface area contributed by atoms with Gasteiger partial charge in [0.1, 0.15) is 36.6 Å². The van der Waals surface area contributed by atoms with Crippen LogP contribution < -0.4 is 5.32 Å². The Hall–Kier alpha value is -1.67. The van der Waals surface area contributed by atoms with Crippen molar-refractivity contribution < 1.29 is 50.0 Å². The molecule has 0 radical (unpaired) electrons. The molecule has 1 heterocycles. The van der Waals surface area contributed by atoms with Gasteiger partial charge in [0.15, 0.2) is 6.29 Å². The standard InChI is InChI=1S/C43H79NO10/c1-3-5-7-9-11-13-15-17-18-19-21-23-25-27-29-31-36(47)42(52)44-34(33-53-43-41(51)40(50)39(49)37(32-45)54-43)38(48)35(46)30-28-26-24-22-20-16-14-12-10-8-6-4-2/h4,6,12,14,22,24,34-41,43,45-51H,3,5,7-11,13,15-21,23,25-33H2,1-2H3,(H,44,52)/b6-4+,14-12+,24-22+. The molecule has 0 aromatic carbocycles. The Morgan fingerprint density at radius 2 is 1.17 bits per heavy atom. The molecule has 11 heteroatoms. The Kier molecular flexibility index (Phi) is 31.2. The van der Waals surface area contributed by atoms with Gasteiger partial charge in [0.25, 0.3) is 0 Å². The minimum atomic E-state index is -1.67. The van der Waals surface area contributed by atoms with E-state index in [1.165, 1.54) is 70.6 Å². The lowest BCUT2D eigenvalue weighted by atomic mass is 9.98. The van der Waals surface area contributed by atoms with E-state index >= 15 is 0 Å². The number of amides is 1. The van der Waals surface area contributed by atoms with Crippen molar-refractivity contribution >= 4 is 5.91 Å². The Balaban J connectivity index is 2.52. The van der Waals surface area contributed by atoms with Gasteiger partial charge in [-0.25, -0.2) is 0 Å². The molecule has 0 spiro atoms. The second-order valence-corrected chi connectivity index (χ2v) is 15.1. The highest BCUT2D eigenvalue weighted by Gasteiger charge is 2.44. The molecule has 1 saturated heterocycles. The number of aliphatic hydroxyl groups is 7. The average molecular weight is 770 g/mol. The quantitative estimate of drug-likeness (QED) is 0.0283. The van der Waals surface area contributed by atoms with Crippen molar-refractivity contribution in [2.75, 3.05) is 13.2 Å². The summed E-state index contributed by atoms with van der Waals surface area (Å²) in [6.07, 6.45) is 25.0. The number of nitrogens with one attached hydrogen (secondary N) is 1. The minimum absolute atomic E-state index is 0.241. The summed E-state index contributed by atoms with van der Waals surface area (Å²) in [5, 5.41) is 75.4. The highest BCUT2D eigenvalue weighted by molar-refractivity contribution is 5.80. The maximum Gasteiger partial charge on any atom is 0.249 e. The van der Waals surface area contributed by atoms with Gasteiger partial charge in [0.05, 0.1) is 25.4 Å². The molecule has 316 valence electrons. The molecular formula is C43H79NO10. The van der Waals surface area contributed by atoms with Gasteiger partial charge in [-0.05, 0) is 58.3 Å². The molecule has 0 aromatic rings. The topological polar surface area (TPSA) is 189 Å². The number of unbranched alkanes of at least 4 members (excludes halogenated alkanes) is 17. The summed E-state index contributed by atoms with van der Waals surface area (Å²) in [4.78, 5) is 13.0. The molecule has 11 nitrogen and oxygen atoms in total. The smallest absolute Gasteiger partial charge is 0.249 e. The zero-order valence-corrected chi connectivity index (χ0v) is 33.7. The van der Waals surface area contributed by atoms with Crippen LogP contribution in [0, 0.1) is 0 Å². The van der Waals surface area contributed by atoms with Crippen molar-refractivity contribution in [1.29, 1.82) is 0 Å². The molecule has 9 unspecified atom stereocenters. The van der Waals surface area contributed by atoms with Gasteiger partial charge < -0.3 is 50.5 Å². The molecule has 0 saturated carbocycles. The Morgan fingerprint density at radius 3 is 1.69 bits per heavy atom. The van der Waals surface area contributed by atoms with Crippen LogP contribution in [0.2, 0.25) is 0 Å². The van der Waals surface area contributed by atoms with Crippen LogP contribution in [0.25, 0.3) is 0 Å². The minimum Gasteiger partial charge on any atom is -0.394 e. The Labute approximate surface area is 326 Å². The molecule has 8 N–H and O–H groups in total. The fourth-order valence-corrected chi connectivity index (χ4v) is 6.66. The van der Waals surface area contributed by atoms with E-state index in [1.54, 1.807) is 0 Å². The van der Waals surface area contributed by atoms with Gasteiger partial charge in [-0.1, -0.05) is 140 Å². The molecule has 1 aliphatic heterocycles. The number of allylic oxidation sites excluding steroid dienone is 6. The Bertz CT molecular complexity index is 976. The second kappa shape index (κ2) is 33.5. The molecule has 1 aliphatic rings. The summed E-state index contributed by atoms with van der Waals surface area (Å²) in [6, 6.07) is -1.19. The first-order valence-corrected chi connectivity index (χ1v) is 21.4. The summed E-state index contributed by atoms with van der Waals surface area (Å²) in [5.41, 5.74) is 0. The average Bonchev–Trinajstić information content (AvgIpc) is 3.17. The lowest BCUT2D eigenvalue weighted by molar-refractivity contribution is -0.303. The van der Waals surface area contributed by atoms with Crippen LogP contribution in [0.4, 0.5) is 0 Å². The summed E-state index contributed by atoms with van der Waals surface area (Å²) in [6.45, 7) is 3.18. The number of rotatable bonds is 34. The van der Waals surface area contributed by atoms with Crippen LogP contribution in [0.5, 0.6) is 0 Å². The maximum absolute atomic E-state index is 13.0. The van der Waals surface area contributed by atoms with E-state index in [0.29, 0.717) is 19.3 Å². The van der Waals surface area contributed by atoms with Crippen LogP contribution in [0.3, 0.4) is 0 Å². The first-order valence-electron chi connectivity index (χ1n) is 21.4. The first kappa shape index (κ1) is 50.3. The third-order valence-electron chi connectivity index (χ3n) is 10.2. The van der Waals surface area contributed by atoms with Crippen molar-refractivity contribution in [1.82, 2.24) is 5.32 Å². The molecule has 0 aromatic heterocycles. The fourth-order valence-electron chi connectivity index (χ4n) is 6.66. The summed E-state index contributed by atoms with van der Waals surface area (Å²) >= 11 is 0. The number of hydrogen-bond acceptors (Lipinski definition) is 10. The molecule has 9 atom stereocenters. The summed E-state index contributed by atoms with van der Waals surface area (Å²) < 4.78 is 11.0. The van der Waals surface area contributed by atoms with Gasteiger partial charge in [-0.2, -0.15) is 0 Å². The lowest BCUT2D eigenvalue weighted by Crippen LogP contribution is -2.60. The molecule has 0 bridgehead atoms. The third-order valence-corrected chi connectivity index (χ3v) is 10.2. The molecular weight excluding hydrogens is 690 g/mol. The molecule has 1 rings (SSSR count). The summed E-state index contributed by atoms with van der Waals surface area (Å²) in [7, 11) is 0. The zero-order valence-electron chi connectivity index (χ0n) is 33.7. The predicted octanol–water partition coefficient (Wildman–Crippen LogP) is 6.05. The number of ether oxygens (including phenoxy) is 2. The third kappa shape index (κ3) is 23.4. The largest absolute Gasteiger partial charge is 0.394 e. The molecule has 54 heavy (non-hydrogen) atoms. The van der Waals surface area contributed by atoms with Crippen LogP contribution in [-0.2, 0) is 14.3 Å². The number of carbonyl (C=O) groups is 1. The number of aliphatic hydroxyl groups excluding tert-OH is 7. The normalized spacial score (nSPS) is 23.0. The van der Waals surface area contributed by atoms with E-state index in [0.717, 1.165) is 44.9 Å². The monoisotopic (exact) mass is 770 g/mol. The lowest BCUT2D eigenvalue weighted by Gasteiger charge is -2.40. The van der Waals surface area contributed by atoms with Crippen molar-refractivity contribution in [3.05, 3.63) is 36.5 Å². The highest BCUT2D eigenvalue weighted by Crippen LogP contribution is 2.23. The molecule has 1 amide bonds. The Morgan fingerprint density at radius 1 is 0.667 bits per heavy atom. The summed E-state index contributed by atoms with van der Waals surface area (Å²) in [5.74, 6) is -0.715. The van der Waals surface area contributed by atoms with Gasteiger partial charge in [0.2, 0.25) is 5.91 Å². The van der Waals surface area contributed by atoms with Gasteiger partial charge in [-0.3, -0.25) is 4.79 Å². The molecule has 1 fully saturated rings. The first-order chi connectivity index (χ1) is 26.2. The maximum atomic E-state index is 13.0. The van der Waals surface area contributed by atoms with Crippen LogP contribution in [-0.4, -0.2) is 110 Å². The number of hydrogen-bond donors (Lipinski definition) is 8. The van der Waals surface area contributed by atoms with Crippen LogP contribution >= 0.6 is 0 Å². The van der Waals surface area contributed by atoms with Gasteiger partial charge >= 0.3 is 0 Å². The highest BCUT2D eigenvalue weighted by atomic mass is 16.7. The van der Waals surface area contributed by atoms with Crippen molar-refractivity contribution in [2.45, 2.75) is 217 Å². The van der Waals surface area contributed by atoms with Crippen LogP contribution in [0.15, 0.2) is 36.5 Å². The van der Waals surface area contributed by atoms with E-state index in [4.69, 9.17) is 9.47 Å². The van der Waals surface area contributed by atoms with Crippen molar-refractivity contribution in [2.24, 2.45) is 0 Å². The number of carbonyl (C=O) groups excluding carboxylic acids is 1. The fraction of sp³-hybridized carbons (Fsp3) is 0.837. The van der Waals surface area contributed by atoms with E-state index < -0.39 is 74.2 Å². The van der Waals surface area contributed by atoms with E-state index in [1.807, 2.05) is 19.1 Å². The van der Waals surface area contributed by atoms with E-state index in [-0.39, 0.29) is 12.8 Å². The SMILES string of the molecule is C/C=C/CC/C=C/CC/C=C/CCCC(O)C(O)C(COC1OC(CO)C(O)C(O)C1O)NC(=O)C(O)CCCCCCCCCCCCCCCCC.